The van der Waals surface area contributed by atoms with Gasteiger partial charge in [-0.25, -0.2) is 0 Å². The van der Waals surface area contributed by atoms with Crippen LogP contribution in [0, 0.1) is 5.92 Å². The van der Waals surface area contributed by atoms with Crippen molar-refractivity contribution in [2.75, 3.05) is 26.7 Å². The SMILES string of the molecule is CO[C@@H]1[C@H](OC(=O)CCl)CC[C@]2(CO2)[C@H]1[C@](C)(CCC=C(C)C)OC. The monoisotopic (exact) mass is 374 g/mol. The zero-order valence-electron chi connectivity index (χ0n) is 16.0. The van der Waals surface area contributed by atoms with Crippen LogP contribution in [0.25, 0.3) is 0 Å². The molecule has 0 aromatic heterocycles. The predicted octanol–water partition coefficient (Wildman–Crippen LogP) is 3.48. The van der Waals surface area contributed by atoms with Gasteiger partial charge in [0.05, 0.1) is 17.8 Å². The van der Waals surface area contributed by atoms with Crippen molar-refractivity contribution >= 4 is 17.6 Å². The van der Waals surface area contributed by atoms with Gasteiger partial charge in [-0.15, -0.1) is 11.6 Å². The van der Waals surface area contributed by atoms with Gasteiger partial charge in [0, 0.05) is 20.1 Å². The largest absolute Gasteiger partial charge is 0.459 e. The molecule has 6 heteroatoms. The molecule has 0 aromatic rings. The maximum Gasteiger partial charge on any atom is 0.321 e. The minimum absolute atomic E-state index is 0.0116. The lowest BCUT2D eigenvalue weighted by Crippen LogP contribution is -2.59. The van der Waals surface area contributed by atoms with E-state index < -0.39 is 11.6 Å². The van der Waals surface area contributed by atoms with Crippen LogP contribution in [0.3, 0.4) is 0 Å². The molecular formula is C19H31ClO5. The molecule has 0 radical (unpaired) electrons. The standard InChI is InChI=1S/C19H31ClO5/c1-13(2)7-6-9-18(3,23-5)17-16(22-4)14(25-15(21)11-20)8-10-19(17)12-24-19/h7,14,16-17H,6,8-12H2,1-5H3/t14-,16-,17-,18+,19+/m1/s1. The Labute approximate surface area is 156 Å². The number of methoxy groups -OCH3 is 2. The number of hydrogen-bond donors (Lipinski definition) is 0. The van der Waals surface area contributed by atoms with Crippen LogP contribution in [0.1, 0.15) is 46.5 Å². The van der Waals surface area contributed by atoms with Crippen LogP contribution in [0.4, 0.5) is 0 Å². The minimum atomic E-state index is -0.435. The van der Waals surface area contributed by atoms with E-state index in [9.17, 15) is 4.79 Å². The van der Waals surface area contributed by atoms with Gasteiger partial charge in [0.15, 0.2) is 0 Å². The quantitative estimate of drug-likeness (QED) is 0.282. The first-order chi connectivity index (χ1) is 11.8. The van der Waals surface area contributed by atoms with Crippen LogP contribution in [0.15, 0.2) is 11.6 Å². The summed E-state index contributed by atoms with van der Waals surface area (Å²) in [5.41, 5.74) is 0.617. The summed E-state index contributed by atoms with van der Waals surface area (Å²) in [7, 11) is 3.40. The zero-order chi connectivity index (χ0) is 18.7. The van der Waals surface area contributed by atoms with Gasteiger partial charge in [-0.05, 0) is 46.5 Å². The van der Waals surface area contributed by atoms with Crippen molar-refractivity contribution in [3.8, 4) is 0 Å². The van der Waals surface area contributed by atoms with E-state index in [-0.39, 0.29) is 29.6 Å². The summed E-state index contributed by atoms with van der Waals surface area (Å²) < 4.78 is 23.3. The van der Waals surface area contributed by atoms with Crippen molar-refractivity contribution < 1.29 is 23.7 Å². The number of allylic oxidation sites excluding steroid dienone is 2. The number of rotatable bonds is 8. The van der Waals surface area contributed by atoms with E-state index in [0.29, 0.717) is 13.0 Å². The Bertz CT molecular complexity index is 498. The van der Waals surface area contributed by atoms with E-state index in [2.05, 4.69) is 26.8 Å². The summed E-state index contributed by atoms with van der Waals surface area (Å²) in [5, 5.41) is 0. The second-order valence-electron chi connectivity index (χ2n) is 7.57. The number of carbonyl (C=O) groups is 1. The summed E-state index contributed by atoms with van der Waals surface area (Å²) in [6.45, 7) is 7.00. The first kappa shape index (κ1) is 20.7. The van der Waals surface area contributed by atoms with Gasteiger partial charge < -0.3 is 18.9 Å². The molecule has 1 heterocycles. The predicted molar refractivity (Wildman–Crippen MR) is 96.9 cm³/mol. The molecule has 0 N–H and O–H groups in total. The van der Waals surface area contributed by atoms with E-state index in [1.54, 1.807) is 14.2 Å². The number of hydrogen-bond acceptors (Lipinski definition) is 5. The summed E-state index contributed by atoms with van der Waals surface area (Å²) in [6, 6.07) is 0. The third kappa shape index (κ3) is 4.57. The molecule has 2 rings (SSSR count). The van der Waals surface area contributed by atoms with Gasteiger partial charge in [0.2, 0.25) is 0 Å². The number of esters is 1. The van der Waals surface area contributed by atoms with Crippen LogP contribution >= 0.6 is 11.6 Å². The Hall–Kier alpha value is -0.620. The second-order valence-corrected chi connectivity index (χ2v) is 7.84. The molecular weight excluding hydrogens is 344 g/mol. The normalized spacial score (nSPS) is 33.6. The Morgan fingerprint density at radius 2 is 2.08 bits per heavy atom. The molecule has 1 saturated heterocycles. The highest BCUT2D eigenvalue weighted by atomic mass is 35.5. The molecule has 1 aliphatic carbocycles. The highest BCUT2D eigenvalue weighted by Crippen LogP contribution is 2.53. The lowest BCUT2D eigenvalue weighted by molar-refractivity contribution is -0.192. The summed E-state index contributed by atoms with van der Waals surface area (Å²) in [5.74, 6) is -0.576. The Kier molecular flexibility index (Phi) is 6.94. The van der Waals surface area contributed by atoms with Gasteiger partial charge in [-0.1, -0.05) is 11.6 Å². The lowest BCUT2D eigenvalue weighted by atomic mass is 9.66. The van der Waals surface area contributed by atoms with Crippen LogP contribution in [0.2, 0.25) is 0 Å². The molecule has 1 saturated carbocycles. The molecule has 144 valence electrons. The molecule has 1 aliphatic heterocycles. The maximum absolute atomic E-state index is 11.7. The second kappa shape index (κ2) is 8.38. The summed E-state index contributed by atoms with van der Waals surface area (Å²) >= 11 is 5.61. The molecule has 2 aliphatic rings. The van der Waals surface area contributed by atoms with Crippen LogP contribution in [-0.2, 0) is 23.7 Å². The Morgan fingerprint density at radius 1 is 1.40 bits per heavy atom. The van der Waals surface area contributed by atoms with Crippen molar-refractivity contribution in [1.29, 1.82) is 0 Å². The fraction of sp³-hybridized carbons (Fsp3) is 0.842. The van der Waals surface area contributed by atoms with Crippen molar-refractivity contribution in [2.45, 2.75) is 69.9 Å². The smallest absolute Gasteiger partial charge is 0.321 e. The minimum Gasteiger partial charge on any atom is -0.459 e. The third-order valence-electron chi connectivity index (χ3n) is 5.61. The van der Waals surface area contributed by atoms with Crippen molar-refractivity contribution in [3.05, 3.63) is 11.6 Å². The number of alkyl halides is 1. The number of halogens is 1. The van der Waals surface area contributed by atoms with Crippen LogP contribution < -0.4 is 0 Å². The molecule has 5 atom stereocenters. The van der Waals surface area contributed by atoms with Gasteiger partial charge >= 0.3 is 5.97 Å². The first-order valence-electron chi connectivity index (χ1n) is 8.92. The molecule has 0 aromatic carbocycles. The van der Waals surface area contributed by atoms with Crippen molar-refractivity contribution in [2.24, 2.45) is 5.92 Å². The average molecular weight is 375 g/mol. The average Bonchev–Trinajstić information content (AvgIpc) is 3.35. The third-order valence-corrected chi connectivity index (χ3v) is 5.83. The Morgan fingerprint density at radius 3 is 2.56 bits per heavy atom. The van der Waals surface area contributed by atoms with E-state index in [4.69, 9.17) is 30.5 Å². The van der Waals surface area contributed by atoms with Crippen molar-refractivity contribution in [3.63, 3.8) is 0 Å². The summed E-state index contributed by atoms with van der Waals surface area (Å²) in [4.78, 5) is 11.7. The fourth-order valence-electron chi connectivity index (χ4n) is 4.19. The molecule has 0 bridgehead atoms. The topological polar surface area (TPSA) is 57.3 Å². The van der Waals surface area contributed by atoms with Crippen LogP contribution in [-0.4, -0.2) is 56.1 Å². The van der Waals surface area contributed by atoms with Gasteiger partial charge in [-0.2, -0.15) is 0 Å². The van der Waals surface area contributed by atoms with Gasteiger partial charge in [-0.3, -0.25) is 4.79 Å². The van der Waals surface area contributed by atoms with Gasteiger partial charge in [0.1, 0.15) is 18.1 Å². The van der Waals surface area contributed by atoms with Crippen molar-refractivity contribution in [1.82, 2.24) is 0 Å². The lowest BCUT2D eigenvalue weighted by Gasteiger charge is -2.48. The number of epoxide rings is 1. The van der Waals surface area contributed by atoms with Crippen LogP contribution in [0.5, 0.6) is 0 Å². The molecule has 5 nitrogen and oxygen atoms in total. The highest BCUT2D eigenvalue weighted by molar-refractivity contribution is 6.26. The van der Waals surface area contributed by atoms with E-state index in [1.165, 1.54) is 5.57 Å². The molecule has 0 unspecified atom stereocenters. The zero-order valence-corrected chi connectivity index (χ0v) is 16.7. The van der Waals surface area contributed by atoms with Gasteiger partial charge in [0.25, 0.3) is 0 Å². The molecule has 0 amide bonds. The van der Waals surface area contributed by atoms with E-state index >= 15 is 0 Å². The van der Waals surface area contributed by atoms with E-state index in [0.717, 1.165) is 19.3 Å². The summed E-state index contributed by atoms with van der Waals surface area (Å²) in [6.07, 6.45) is 4.93. The number of carbonyl (C=O) groups excluding carboxylic acids is 1. The first-order valence-corrected chi connectivity index (χ1v) is 9.46. The molecule has 2 fully saturated rings. The fourth-order valence-corrected chi connectivity index (χ4v) is 4.25. The Balaban J connectivity index is 2.24. The van der Waals surface area contributed by atoms with E-state index in [1.807, 2.05) is 0 Å². The maximum atomic E-state index is 11.7. The molecule has 25 heavy (non-hydrogen) atoms. The highest BCUT2D eigenvalue weighted by Gasteiger charge is 2.64. The number of ether oxygens (including phenoxy) is 4. The molecule has 1 spiro atoms.